The number of amides is 2. The molecule has 1 saturated heterocycles. The van der Waals surface area contributed by atoms with Crippen molar-refractivity contribution in [1.29, 1.82) is 0 Å². The summed E-state index contributed by atoms with van der Waals surface area (Å²) in [7, 11) is 0. The molecule has 1 atom stereocenters. The molecule has 2 aromatic carbocycles. The number of nitrogens with one attached hydrogen (secondary N) is 1. The highest BCUT2D eigenvalue weighted by Crippen LogP contribution is 2.46. The van der Waals surface area contributed by atoms with Crippen LogP contribution in [0.3, 0.4) is 0 Å². The van der Waals surface area contributed by atoms with Gasteiger partial charge in [0.25, 0.3) is 0 Å². The van der Waals surface area contributed by atoms with Gasteiger partial charge in [-0.1, -0.05) is 48.5 Å². The number of benzene rings is 2. The van der Waals surface area contributed by atoms with Crippen molar-refractivity contribution in [3.63, 3.8) is 0 Å². The maximum absolute atomic E-state index is 13.9. The van der Waals surface area contributed by atoms with Crippen molar-refractivity contribution in [1.82, 2.24) is 20.1 Å². The van der Waals surface area contributed by atoms with Crippen LogP contribution in [0, 0.1) is 0 Å². The maximum Gasteiger partial charge on any atom is 0.408 e. The Kier molecular flexibility index (Phi) is 9.37. The number of thioether (sulfide) groups is 1. The molecule has 1 aliphatic heterocycles. The summed E-state index contributed by atoms with van der Waals surface area (Å²) in [6.45, 7) is 9.73. The smallest absolute Gasteiger partial charge is 0.408 e. The molecule has 0 saturated carbocycles. The van der Waals surface area contributed by atoms with Crippen molar-refractivity contribution in [2.24, 2.45) is 0 Å². The molecular weight excluding hydrogens is 564 g/mol. The standard InChI is InChI=1S/C33H38N4O5S/c1-5-41-31(39)26-15-10-16-34-29(26)43-21-27(35-32(40)42-33(2,3)4)30(38)37-19-17-36(18-20-37)28-24-13-8-6-11-22(24)23-12-7-9-14-25(23)28/h6-16,27-28H,5,17-21H2,1-4H3,(H,35,40). The number of rotatable bonds is 8. The van der Waals surface area contributed by atoms with Crippen molar-refractivity contribution in [3.8, 4) is 11.1 Å². The average Bonchev–Trinajstić information content (AvgIpc) is 3.33. The van der Waals surface area contributed by atoms with Crippen LogP contribution in [0.5, 0.6) is 0 Å². The molecule has 2 aliphatic rings. The van der Waals surface area contributed by atoms with E-state index in [9.17, 15) is 14.4 Å². The number of aromatic nitrogens is 1. The van der Waals surface area contributed by atoms with Crippen molar-refractivity contribution in [2.45, 2.75) is 50.4 Å². The topological polar surface area (TPSA) is 101 Å². The monoisotopic (exact) mass is 602 g/mol. The lowest BCUT2D eigenvalue weighted by atomic mass is 10.0. The molecule has 43 heavy (non-hydrogen) atoms. The molecule has 0 bridgehead atoms. The van der Waals surface area contributed by atoms with E-state index < -0.39 is 23.7 Å². The fraction of sp³-hybridized carbons (Fsp3) is 0.394. The molecule has 5 rings (SSSR count). The Balaban J connectivity index is 1.30. The molecule has 2 amide bonds. The summed E-state index contributed by atoms with van der Waals surface area (Å²) >= 11 is 1.23. The molecule has 226 valence electrons. The molecule has 1 unspecified atom stereocenters. The van der Waals surface area contributed by atoms with E-state index in [0.29, 0.717) is 36.8 Å². The van der Waals surface area contributed by atoms with E-state index in [-0.39, 0.29) is 24.3 Å². The molecular formula is C33H38N4O5S. The van der Waals surface area contributed by atoms with E-state index in [0.717, 1.165) is 0 Å². The second kappa shape index (κ2) is 13.2. The minimum absolute atomic E-state index is 0.140. The largest absolute Gasteiger partial charge is 0.462 e. The van der Waals surface area contributed by atoms with Crippen molar-refractivity contribution >= 4 is 29.7 Å². The van der Waals surface area contributed by atoms with Crippen LogP contribution in [0.1, 0.15) is 55.2 Å². The van der Waals surface area contributed by atoms with E-state index in [1.54, 1.807) is 50.9 Å². The zero-order valence-corrected chi connectivity index (χ0v) is 25.9. The number of carbonyl (C=O) groups is 3. The van der Waals surface area contributed by atoms with Gasteiger partial charge in [0.15, 0.2) is 0 Å². The Morgan fingerprint density at radius 3 is 2.19 bits per heavy atom. The van der Waals surface area contributed by atoms with Gasteiger partial charge in [0.1, 0.15) is 16.7 Å². The number of hydrogen-bond acceptors (Lipinski definition) is 8. The number of nitrogens with zero attached hydrogens (tertiary/aromatic N) is 3. The summed E-state index contributed by atoms with van der Waals surface area (Å²) in [5.41, 5.74) is 4.70. The number of piperazine rings is 1. The number of ether oxygens (including phenoxy) is 2. The molecule has 0 radical (unpaired) electrons. The van der Waals surface area contributed by atoms with E-state index in [1.807, 2.05) is 0 Å². The molecule has 1 aromatic heterocycles. The Bertz CT molecular complexity index is 1440. The first kappa shape index (κ1) is 30.6. The van der Waals surface area contributed by atoms with Crippen LogP contribution in [0.15, 0.2) is 71.9 Å². The lowest BCUT2D eigenvalue weighted by Crippen LogP contribution is -2.56. The highest BCUT2D eigenvalue weighted by atomic mass is 32.2. The van der Waals surface area contributed by atoms with Gasteiger partial charge in [0.2, 0.25) is 5.91 Å². The van der Waals surface area contributed by atoms with Gasteiger partial charge in [0, 0.05) is 38.1 Å². The van der Waals surface area contributed by atoms with Crippen LogP contribution >= 0.6 is 11.8 Å². The summed E-state index contributed by atoms with van der Waals surface area (Å²) in [6, 6.07) is 19.6. The van der Waals surface area contributed by atoms with Crippen LogP contribution in [0.2, 0.25) is 0 Å². The Morgan fingerprint density at radius 2 is 1.58 bits per heavy atom. The molecule has 2 heterocycles. The van der Waals surface area contributed by atoms with Gasteiger partial charge >= 0.3 is 12.1 Å². The highest BCUT2D eigenvalue weighted by Gasteiger charge is 2.36. The molecule has 9 nitrogen and oxygen atoms in total. The number of fused-ring (bicyclic) bond motifs is 3. The molecule has 10 heteroatoms. The second-order valence-electron chi connectivity index (χ2n) is 11.5. The first-order chi connectivity index (χ1) is 20.7. The lowest BCUT2D eigenvalue weighted by molar-refractivity contribution is -0.134. The summed E-state index contributed by atoms with van der Waals surface area (Å²) < 4.78 is 10.6. The van der Waals surface area contributed by atoms with Gasteiger partial charge < -0.3 is 19.7 Å². The predicted molar refractivity (Wildman–Crippen MR) is 166 cm³/mol. The predicted octanol–water partition coefficient (Wildman–Crippen LogP) is 5.16. The number of pyridine rings is 1. The van der Waals surface area contributed by atoms with Crippen LogP contribution in [0.25, 0.3) is 11.1 Å². The van der Waals surface area contributed by atoms with Crippen LogP contribution < -0.4 is 5.32 Å². The molecule has 0 spiro atoms. The van der Waals surface area contributed by atoms with Gasteiger partial charge in [-0.2, -0.15) is 0 Å². The SMILES string of the molecule is CCOC(=O)c1cccnc1SCC(NC(=O)OC(C)(C)C)C(=O)N1CCN(C2c3ccccc3-c3ccccc32)CC1. The van der Waals surface area contributed by atoms with Crippen molar-refractivity contribution in [3.05, 3.63) is 83.6 Å². The number of carbonyl (C=O) groups excluding carboxylic acids is 3. The third-order valence-corrected chi connectivity index (χ3v) is 8.53. The average molecular weight is 603 g/mol. The first-order valence-electron chi connectivity index (χ1n) is 14.6. The quantitative estimate of drug-likeness (QED) is 0.279. The lowest BCUT2D eigenvalue weighted by Gasteiger charge is -2.39. The van der Waals surface area contributed by atoms with Gasteiger partial charge in [-0.3, -0.25) is 9.69 Å². The summed E-state index contributed by atoms with van der Waals surface area (Å²) in [5, 5.41) is 3.21. The summed E-state index contributed by atoms with van der Waals surface area (Å²) in [4.78, 5) is 47.7. The van der Waals surface area contributed by atoms with Gasteiger partial charge in [-0.25, -0.2) is 14.6 Å². The number of alkyl carbamates (subject to hydrolysis) is 1. The highest BCUT2D eigenvalue weighted by molar-refractivity contribution is 7.99. The number of hydrogen-bond donors (Lipinski definition) is 1. The molecule has 1 aliphatic carbocycles. The fourth-order valence-electron chi connectivity index (χ4n) is 5.60. The van der Waals surface area contributed by atoms with Crippen molar-refractivity contribution < 1.29 is 23.9 Å². The first-order valence-corrected chi connectivity index (χ1v) is 15.6. The molecule has 3 aromatic rings. The van der Waals surface area contributed by atoms with Crippen LogP contribution in [-0.4, -0.2) is 82.9 Å². The fourth-order valence-corrected chi connectivity index (χ4v) is 6.59. The zero-order valence-electron chi connectivity index (χ0n) is 25.0. The van der Waals surface area contributed by atoms with Crippen LogP contribution in [-0.2, 0) is 14.3 Å². The van der Waals surface area contributed by atoms with Gasteiger partial charge in [-0.15, -0.1) is 11.8 Å². The second-order valence-corrected chi connectivity index (χ2v) is 12.5. The van der Waals surface area contributed by atoms with E-state index >= 15 is 0 Å². The third-order valence-electron chi connectivity index (χ3n) is 7.43. The molecule has 1 N–H and O–H groups in total. The minimum Gasteiger partial charge on any atom is -0.462 e. The maximum atomic E-state index is 13.9. The summed E-state index contributed by atoms with van der Waals surface area (Å²) in [5.74, 6) is -0.503. The van der Waals surface area contributed by atoms with Gasteiger partial charge in [-0.05, 0) is 62.1 Å². The normalized spacial score (nSPS) is 15.8. The number of esters is 1. The van der Waals surface area contributed by atoms with Crippen LogP contribution in [0.4, 0.5) is 4.79 Å². The van der Waals surface area contributed by atoms with E-state index in [2.05, 4.69) is 63.7 Å². The Morgan fingerprint density at radius 1 is 0.953 bits per heavy atom. The summed E-state index contributed by atoms with van der Waals surface area (Å²) in [6.07, 6.45) is 0.915. The minimum atomic E-state index is -0.878. The Labute approximate surface area is 256 Å². The van der Waals surface area contributed by atoms with Gasteiger partial charge in [0.05, 0.1) is 18.2 Å². The van der Waals surface area contributed by atoms with E-state index in [4.69, 9.17) is 9.47 Å². The van der Waals surface area contributed by atoms with Crippen molar-refractivity contribution in [2.75, 3.05) is 38.5 Å². The van der Waals surface area contributed by atoms with E-state index in [1.165, 1.54) is 34.0 Å². The zero-order chi connectivity index (χ0) is 30.6. The third kappa shape index (κ3) is 7.02. The Hall–Kier alpha value is -3.89. The molecule has 1 fully saturated rings.